The molecule has 6 nitrogen and oxygen atoms in total. The number of rotatable bonds is 7. The van der Waals surface area contributed by atoms with Crippen LogP contribution in [0.5, 0.6) is 0 Å². The molecule has 0 fully saturated rings. The van der Waals surface area contributed by atoms with Crippen LogP contribution in [0.15, 0.2) is 59.7 Å². The summed E-state index contributed by atoms with van der Waals surface area (Å²) in [6.45, 7) is 2.00. The highest BCUT2D eigenvalue weighted by Gasteiger charge is 2.32. The van der Waals surface area contributed by atoms with E-state index in [2.05, 4.69) is 10.1 Å². The van der Waals surface area contributed by atoms with Crippen LogP contribution >= 0.6 is 11.6 Å². The van der Waals surface area contributed by atoms with E-state index in [4.69, 9.17) is 16.7 Å². The highest BCUT2D eigenvalue weighted by molar-refractivity contribution is 6.30. The molecule has 1 aromatic heterocycles. The molecular formula is C25H24ClN3O3. The summed E-state index contributed by atoms with van der Waals surface area (Å²) in [7, 11) is 0. The maximum Gasteiger partial charge on any atom is 0.303 e. The number of nitrogens with zero attached hydrogens (tertiary/aromatic N) is 3. The monoisotopic (exact) mass is 449 g/mol. The molecule has 1 atom stereocenters. The van der Waals surface area contributed by atoms with Crippen molar-refractivity contribution in [3.8, 4) is 0 Å². The first-order chi connectivity index (χ1) is 15.4. The molecule has 2 aromatic carbocycles. The number of aryl methyl sites for hydroxylation is 1. The van der Waals surface area contributed by atoms with Gasteiger partial charge in [0.05, 0.1) is 17.3 Å². The molecule has 32 heavy (non-hydrogen) atoms. The summed E-state index contributed by atoms with van der Waals surface area (Å²) in [5.74, 6) is -1.09. The highest BCUT2D eigenvalue weighted by Crippen LogP contribution is 2.29. The number of carboxylic acid groups (broad SMARTS) is 1. The van der Waals surface area contributed by atoms with E-state index in [0.29, 0.717) is 18.0 Å². The van der Waals surface area contributed by atoms with E-state index in [1.807, 2.05) is 61.5 Å². The summed E-state index contributed by atoms with van der Waals surface area (Å²) >= 11 is 6.54. The van der Waals surface area contributed by atoms with E-state index >= 15 is 0 Å². The number of para-hydroxylation sites is 1. The number of carbonyl (C=O) groups excluding carboxylic acids is 1. The van der Waals surface area contributed by atoms with Crippen LogP contribution in [-0.4, -0.2) is 38.7 Å². The Kier molecular flexibility index (Phi) is 6.51. The van der Waals surface area contributed by atoms with Crippen LogP contribution in [0, 0.1) is 6.92 Å². The summed E-state index contributed by atoms with van der Waals surface area (Å²) in [4.78, 5) is 28.4. The molecule has 4 rings (SSSR count). The van der Waals surface area contributed by atoms with Gasteiger partial charge in [-0.1, -0.05) is 60.1 Å². The fraction of sp³-hybridized carbons (Fsp3) is 0.280. The van der Waals surface area contributed by atoms with Gasteiger partial charge in [0.15, 0.2) is 0 Å². The summed E-state index contributed by atoms with van der Waals surface area (Å²) in [6, 6.07) is 17.6. The van der Waals surface area contributed by atoms with Crippen LogP contribution in [0.3, 0.4) is 0 Å². The van der Waals surface area contributed by atoms with Gasteiger partial charge >= 0.3 is 5.97 Å². The Labute approximate surface area is 191 Å². The smallest absolute Gasteiger partial charge is 0.303 e. The topological polar surface area (TPSA) is 82.9 Å². The van der Waals surface area contributed by atoms with E-state index < -0.39 is 5.97 Å². The number of pyridine rings is 1. The Morgan fingerprint density at radius 3 is 2.66 bits per heavy atom. The summed E-state index contributed by atoms with van der Waals surface area (Å²) in [5.41, 5.74) is 4.60. The Morgan fingerprint density at radius 1 is 1.12 bits per heavy atom. The zero-order chi connectivity index (χ0) is 22.7. The first-order valence-corrected chi connectivity index (χ1v) is 11.0. The Morgan fingerprint density at radius 2 is 1.91 bits per heavy atom. The van der Waals surface area contributed by atoms with Crippen molar-refractivity contribution < 1.29 is 14.7 Å². The molecule has 0 saturated heterocycles. The van der Waals surface area contributed by atoms with Crippen LogP contribution in [0.4, 0.5) is 0 Å². The lowest BCUT2D eigenvalue weighted by atomic mass is 9.98. The lowest BCUT2D eigenvalue weighted by Gasteiger charge is -2.22. The van der Waals surface area contributed by atoms with Crippen LogP contribution in [0.1, 0.15) is 42.4 Å². The van der Waals surface area contributed by atoms with Crippen LogP contribution in [-0.2, 0) is 16.0 Å². The van der Waals surface area contributed by atoms with Crippen LogP contribution < -0.4 is 0 Å². The maximum atomic E-state index is 12.9. The lowest BCUT2D eigenvalue weighted by Crippen LogP contribution is -2.34. The number of aliphatic carboxylic acids is 1. The molecule has 1 amide bonds. The van der Waals surface area contributed by atoms with Crippen molar-refractivity contribution >= 4 is 40.1 Å². The molecule has 1 aliphatic heterocycles. The minimum atomic E-state index is -0.909. The predicted octanol–water partition coefficient (Wildman–Crippen LogP) is 5.00. The summed E-state index contributed by atoms with van der Waals surface area (Å²) < 4.78 is 0. The number of aromatic nitrogens is 1. The molecule has 1 N–H and O–H groups in total. The molecule has 3 aromatic rings. The first kappa shape index (κ1) is 22.0. The summed E-state index contributed by atoms with van der Waals surface area (Å²) in [5, 5.41) is 16.5. The van der Waals surface area contributed by atoms with E-state index in [0.717, 1.165) is 33.3 Å². The number of hydrazone groups is 1. The van der Waals surface area contributed by atoms with Gasteiger partial charge in [0.1, 0.15) is 5.15 Å². The van der Waals surface area contributed by atoms with Crippen LogP contribution in [0.25, 0.3) is 10.9 Å². The third-order valence-electron chi connectivity index (χ3n) is 5.68. The Balaban J connectivity index is 1.60. The number of benzene rings is 2. The number of hydrogen-bond donors (Lipinski definition) is 1. The minimum Gasteiger partial charge on any atom is -0.481 e. The number of halogens is 1. The van der Waals surface area contributed by atoms with Crippen molar-refractivity contribution in [3.63, 3.8) is 0 Å². The maximum absolute atomic E-state index is 12.9. The van der Waals surface area contributed by atoms with Crippen molar-refractivity contribution in [2.24, 2.45) is 5.10 Å². The zero-order valence-electron chi connectivity index (χ0n) is 17.8. The van der Waals surface area contributed by atoms with Gasteiger partial charge in [0.25, 0.3) is 0 Å². The second kappa shape index (κ2) is 9.49. The van der Waals surface area contributed by atoms with Gasteiger partial charge in [-0.2, -0.15) is 5.10 Å². The van der Waals surface area contributed by atoms with Gasteiger partial charge in [-0.15, -0.1) is 0 Å². The number of hydrogen-bond acceptors (Lipinski definition) is 4. The first-order valence-electron chi connectivity index (χ1n) is 10.6. The lowest BCUT2D eigenvalue weighted by molar-refractivity contribution is -0.137. The molecule has 0 radical (unpaired) electrons. The van der Waals surface area contributed by atoms with E-state index in [9.17, 15) is 9.59 Å². The average molecular weight is 450 g/mol. The molecule has 0 bridgehead atoms. The van der Waals surface area contributed by atoms with Crippen LogP contribution in [0.2, 0.25) is 5.15 Å². The SMILES string of the molecule is Cc1cccc2cc(CC3CC(c4ccccc4)=NN3C(=O)CCCC(=O)O)c(Cl)nc12. The van der Waals surface area contributed by atoms with E-state index in [-0.39, 0.29) is 31.2 Å². The van der Waals surface area contributed by atoms with Gasteiger partial charge in [0, 0.05) is 24.6 Å². The Hall–Kier alpha value is -3.25. The van der Waals surface area contributed by atoms with Crippen molar-refractivity contribution in [1.82, 2.24) is 9.99 Å². The minimum absolute atomic E-state index is 0.0424. The molecular weight excluding hydrogens is 426 g/mol. The van der Waals surface area contributed by atoms with Gasteiger partial charge < -0.3 is 5.11 Å². The van der Waals surface area contributed by atoms with E-state index in [1.165, 1.54) is 5.01 Å². The van der Waals surface area contributed by atoms with Crippen molar-refractivity contribution in [2.45, 2.75) is 45.1 Å². The quantitative estimate of drug-likeness (QED) is 0.514. The molecule has 164 valence electrons. The number of amides is 1. The standard InChI is InChI=1S/C25H24ClN3O3/c1-16-7-5-10-18-13-19(25(26)27-24(16)18)14-20-15-21(17-8-3-2-4-9-17)28-29(20)22(30)11-6-12-23(31)32/h2-5,7-10,13,20H,6,11-12,14-15H2,1H3,(H,31,32). The predicted molar refractivity (Wildman–Crippen MR) is 125 cm³/mol. The third kappa shape index (κ3) is 4.81. The zero-order valence-corrected chi connectivity index (χ0v) is 18.5. The summed E-state index contributed by atoms with van der Waals surface area (Å²) in [6.07, 6.45) is 1.48. The number of carbonyl (C=O) groups is 2. The molecule has 1 aliphatic rings. The van der Waals surface area contributed by atoms with E-state index in [1.54, 1.807) is 0 Å². The molecule has 1 unspecified atom stereocenters. The molecule has 7 heteroatoms. The second-order valence-electron chi connectivity index (χ2n) is 8.05. The molecule has 0 saturated carbocycles. The van der Waals surface area contributed by atoms with Crippen molar-refractivity contribution in [2.75, 3.05) is 0 Å². The molecule has 0 aliphatic carbocycles. The normalized spacial score (nSPS) is 15.8. The number of carboxylic acids is 1. The fourth-order valence-electron chi connectivity index (χ4n) is 4.06. The Bertz CT molecular complexity index is 1190. The van der Waals surface area contributed by atoms with Crippen molar-refractivity contribution in [1.29, 1.82) is 0 Å². The van der Waals surface area contributed by atoms with Gasteiger partial charge in [-0.05, 0) is 42.5 Å². The van der Waals surface area contributed by atoms with Gasteiger partial charge in [0.2, 0.25) is 5.91 Å². The second-order valence-corrected chi connectivity index (χ2v) is 8.40. The van der Waals surface area contributed by atoms with Gasteiger partial charge in [-0.25, -0.2) is 9.99 Å². The van der Waals surface area contributed by atoms with Crippen molar-refractivity contribution in [3.05, 3.63) is 76.4 Å². The average Bonchev–Trinajstić information content (AvgIpc) is 3.19. The fourth-order valence-corrected chi connectivity index (χ4v) is 4.27. The highest BCUT2D eigenvalue weighted by atomic mass is 35.5. The largest absolute Gasteiger partial charge is 0.481 e. The van der Waals surface area contributed by atoms with Gasteiger partial charge in [-0.3, -0.25) is 9.59 Å². The molecule has 2 heterocycles. The molecule has 0 spiro atoms. The number of fused-ring (bicyclic) bond motifs is 1. The third-order valence-corrected chi connectivity index (χ3v) is 6.00.